The fourth-order valence-corrected chi connectivity index (χ4v) is 3.80. The number of amides is 1. The van der Waals surface area contributed by atoms with Crippen LogP contribution in [0.3, 0.4) is 0 Å². The lowest BCUT2D eigenvalue weighted by Gasteiger charge is -2.19. The van der Waals surface area contributed by atoms with Crippen molar-refractivity contribution in [1.82, 2.24) is 4.90 Å². The molecule has 0 spiro atoms. The summed E-state index contributed by atoms with van der Waals surface area (Å²) in [7, 11) is 0. The zero-order valence-corrected chi connectivity index (χ0v) is 14.3. The summed E-state index contributed by atoms with van der Waals surface area (Å²) in [6, 6.07) is 9.41. The summed E-state index contributed by atoms with van der Waals surface area (Å²) < 4.78 is 11.1. The smallest absolute Gasteiger partial charge is 0.323 e. The Morgan fingerprint density at radius 1 is 1.12 bits per heavy atom. The molecular weight excluding hydrogens is 342 g/mol. The van der Waals surface area contributed by atoms with E-state index in [2.05, 4.69) is 0 Å². The second kappa shape index (κ2) is 6.40. The molecule has 0 bridgehead atoms. The molecule has 1 aliphatic carbocycles. The average molecular weight is 359 g/mol. The van der Waals surface area contributed by atoms with Gasteiger partial charge >= 0.3 is 5.97 Å². The maximum Gasteiger partial charge on any atom is 0.323 e. The molecule has 1 aromatic heterocycles. The molecular formula is C18H17NO5S. The van der Waals surface area contributed by atoms with Crippen LogP contribution in [0.4, 0.5) is 0 Å². The second-order valence-electron chi connectivity index (χ2n) is 6.08. The van der Waals surface area contributed by atoms with Gasteiger partial charge in [0.1, 0.15) is 19.8 Å². The van der Waals surface area contributed by atoms with Crippen LogP contribution in [0.1, 0.15) is 22.5 Å². The summed E-state index contributed by atoms with van der Waals surface area (Å²) in [5.74, 6) is 0.238. The lowest BCUT2D eigenvalue weighted by Crippen LogP contribution is -2.37. The Hall–Kier alpha value is -2.54. The molecule has 2 aliphatic rings. The minimum Gasteiger partial charge on any atom is -0.486 e. The van der Waals surface area contributed by atoms with E-state index < -0.39 is 5.97 Å². The normalized spacial score (nSPS) is 15.7. The monoisotopic (exact) mass is 359 g/mol. The molecule has 130 valence electrons. The van der Waals surface area contributed by atoms with Gasteiger partial charge in [-0.3, -0.25) is 9.59 Å². The largest absolute Gasteiger partial charge is 0.486 e. The Morgan fingerprint density at radius 3 is 2.60 bits per heavy atom. The van der Waals surface area contributed by atoms with Crippen LogP contribution in [-0.4, -0.2) is 47.7 Å². The van der Waals surface area contributed by atoms with Crippen molar-refractivity contribution in [2.45, 2.75) is 18.9 Å². The summed E-state index contributed by atoms with van der Waals surface area (Å²) in [5, 5.41) is 9.04. The summed E-state index contributed by atoms with van der Waals surface area (Å²) in [5.41, 5.74) is 0.949. The van der Waals surface area contributed by atoms with Crippen LogP contribution in [0.5, 0.6) is 11.5 Å². The quantitative estimate of drug-likeness (QED) is 0.888. The number of hydrogen-bond donors (Lipinski definition) is 1. The molecule has 1 aromatic carbocycles. The van der Waals surface area contributed by atoms with E-state index in [4.69, 9.17) is 14.6 Å². The van der Waals surface area contributed by atoms with Crippen LogP contribution in [0.2, 0.25) is 0 Å². The van der Waals surface area contributed by atoms with E-state index in [9.17, 15) is 9.59 Å². The van der Waals surface area contributed by atoms with E-state index in [1.165, 1.54) is 16.2 Å². The first-order valence-electron chi connectivity index (χ1n) is 8.14. The van der Waals surface area contributed by atoms with Crippen molar-refractivity contribution < 1.29 is 24.2 Å². The number of nitrogens with zero attached hydrogens (tertiary/aromatic N) is 1. The number of hydrogen-bond acceptors (Lipinski definition) is 5. The van der Waals surface area contributed by atoms with Crippen LogP contribution in [0.15, 0.2) is 30.3 Å². The topological polar surface area (TPSA) is 76.1 Å². The number of benzene rings is 1. The lowest BCUT2D eigenvalue weighted by atomic mass is 10.1. The molecule has 1 fully saturated rings. The van der Waals surface area contributed by atoms with Gasteiger partial charge in [-0.25, -0.2) is 0 Å². The number of carbonyl (C=O) groups is 2. The second-order valence-corrected chi connectivity index (χ2v) is 7.16. The standard InChI is InChI=1S/C18H17NO5S/c20-17(21)10-19(12-2-3-12)18(22)16-6-5-15(25-16)11-1-4-13-14(9-11)24-8-7-23-13/h1,4-6,9,12H,2-3,7-8,10H2,(H,20,21). The van der Waals surface area contributed by atoms with Crippen molar-refractivity contribution in [3.8, 4) is 21.9 Å². The molecule has 1 N–H and O–H groups in total. The van der Waals surface area contributed by atoms with E-state index in [1.54, 1.807) is 6.07 Å². The Kier molecular flexibility index (Phi) is 4.09. The van der Waals surface area contributed by atoms with Crippen LogP contribution < -0.4 is 9.47 Å². The summed E-state index contributed by atoms with van der Waals surface area (Å²) >= 11 is 1.36. The molecule has 25 heavy (non-hydrogen) atoms. The van der Waals surface area contributed by atoms with Crippen molar-refractivity contribution in [2.24, 2.45) is 0 Å². The zero-order chi connectivity index (χ0) is 17.4. The third-order valence-corrected chi connectivity index (χ3v) is 5.32. The highest BCUT2D eigenvalue weighted by Crippen LogP contribution is 2.37. The number of thiophene rings is 1. The van der Waals surface area contributed by atoms with Crippen molar-refractivity contribution in [1.29, 1.82) is 0 Å². The van der Waals surface area contributed by atoms with Gasteiger partial charge < -0.3 is 19.5 Å². The highest BCUT2D eigenvalue weighted by atomic mass is 32.1. The minimum atomic E-state index is -0.983. The van der Waals surface area contributed by atoms with Gasteiger partial charge in [0, 0.05) is 10.9 Å². The van der Waals surface area contributed by atoms with E-state index >= 15 is 0 Å². The molecule has 6 nitrogen and oxygen atoms in total. The Morgan fingerprint density at radius 2 is 1.88 bits per heavy atom. The van der Waals surface area contributed by atoms with Crippen molar-refractivity contribution in [2.75, 3.05) is 19.8 Å². The van der Waals surface area contributed by atoms with E-state index in [0.29, 0.717) is 23.8 Å². The molecule has 7 heteroatoms. The van der Waals surface area contributed by atoms with Crippen LogP contribution in [0.25, 0.3) is 10.4 Å². The van der Waals surface area contributed by atoms with Gasteiger partial charge in [-0.1, -0.05) is 0 Å². The van der Waals surface area contributed by atoms with Gasteiger partial charge in [0.15, 0.2) is 11.5 Å². The Balaban J connectivity index is 1.57. The molecule has 2 heterocycles. The molecule has 0 unspecified atom stereocenters. The van der Waals surface area contributed by atoms with E-state index in [-0.39, 0.29) is 18.5 Å². The maximum atomic E-state index is 12.7. The van der Waals surface area contributed by atoms with Crippen molar-refractivity contribution >= 4 is 23.2 Å². The predicted octanol–water partition coefficient (Wildman–Crippen LogP) is 2.88. The van der Waals surface area contributed by atoms with Gasteiger partial charge in [-0.15, -0.1) is 11.3 Å². The summed E-state index contributed by atoms with van der Waals surface area (Å²) in [6.07, 6.45) is 1.75. The number of aliphatic carboxylic acids is 1. The van der Waals surface area contributed by atoms with Crippen molar-refractivity contribution in [3.63, 3.8) is 0 Å². The number of ether oxygens (including phenoxy) is 2. The predicted molar refractivity (Wildman–Crippen MR) is 92.4 cm³/mol. The Bertz CT molecular complexity index is 827. The van der Waals surface area contributed by atoms with Gasteiger partial charge in [0.05, 0.1) is 4.88 Å². The average Bonchev–Trinajstić information content (AvgIpc) is 3.34. The van der Waals surface area contributed by atoms with E-state index in [0.717, 1.165) is 29.0 Å². The molecule has 1 amide bonds. The zero-order valence-electron chi connectivity index (χ0n) is 13.4. The highest BCUT2D eigenvalue weighted by molar-refractivity contribution is 7.17. The first-order chi connectivity index (χ1) is 12.1. The molecule has 2 aromatic rings. The highest BCUT2D eigenvalue weighted by Gasteiger charge is 2.34. The van der Waals surface area contributed by atoms with Gasteiger partial charge in [-0.2, -0.15) is 0 Å². The molecule has 0 radical (unpaired) electrons. The number of carboxylic acids is 1. The van der Waals surface area contributed by atoms with Crippen LogP contribution in [0, 0.1) is 0 Å². The van der Waals surface area contributed by atoms with Crippen molar-refractivity contribution in [3.05, 3.63) is 35.2 Å². The molecule has 4 rings (SSSR count). The number of fused-ring (bicyclic) bond motifs is 1. The SMILES string of the molecule is O=C(O)CN(C(=O)c1ccc(-c2ccc3c(c2)OCCO3)s1)C1CC1. The van der Waals surface area contributed by atoms with Gasteiger partial charge in [0.2, 0.25) is 0 Å². The molecule has 1 saturated carbocycles. The van der Waals surface area contributed by atoms with Crippen LogP contribution in [-0.2, 0) is 4.79 Å². The number of carboxylic acid groups (broad SMARTS) is 1. The maximum absolute atomic E-state index is 12.7. The Labute approximate surface area is 148 Å². The fourth-order valence-electron chi connectivity index (χ4n) is 2.84. The summed E-state index contributed by atoms with van der Waals surface area (Å²) in [4.78, 5) is 26.6. The minimum absolute atomic E-state index is 0.0587. The summed E-state index contributed by atoms with van der Waals surface area (Å²) in [6.45, 7) is 0.821. The number of carbonyl (C=O) groups excluding carboxylic acids is 1. The van der Waals surface area contributed by atoms with Gasteiger partial charge in [0.25, 0.3) is 5.91 Å². The third-order valence-electron chi connectivity index (χ3n) is 4.20. The van der Waals surface area contributed by atoms with Crippen LogP contribution >= 0.6 is 11.3 Å². The first kappa shape index (κ1) is 16.0. The molecule has 1 aliphatic heterocycles. The van der Waals surface area contributed by atoms with Gasteiger partial charge in [-0.05, 0) is 48.7 Å². The molecule has 0 atom stereocenters. The number of rotatable bonds is 5. The van der Waals surface area contributed by atoms with E-state index in [1.807, 2.05) is 24.3 Å². The first-order valence-corrected chi connectivity index (χ1v) is 8.96. The molecule has 0 saturated heterocycles. The fraction of sp³-hybridized carbons (Fsp3) is 0.333. The lowest BCUT2D eigenvalue weighted by molar-refractivity contribution is -0.137. The third kappa shape index (κ3) is 3.32.